The topological polar surface area (TPSA) is 85.6 Å². The van der Waals surface area contributed by atoms with E-state index in [2.05, 4.69) is 37.5 Å². The quantitative estimate of drug-likeness (QED) is 0.668. The Balaban J connectivity index is 1.79. The zero-order chi connectivity index (χ0) is 17.6. The monoisotopic (exact) mass is 336 g/mol. The van der Waals surface area contributed by atoms with Gasteiger partial charge in [-0.1, -0.05) is 30.3 Å². The summed E-state index contributed by atoms with van der Waals surface area (Å²) in [5.74, 6) is 0.477. The lowest BCUT2D eigenvalue weighted by molar-refractivity contribution is 0.101. The fraction of sp³-hybridized carbons (Fsp3) is 0.278. The molecule has 2 aromatic heterocycles. The van der Waals surface area contributed by atoms with Crippen molar-refractivity contribution in [1.29, 1.82) is 0 Å². The zero-order valence-electron chi connectivity index (χ0n) is 14.3. The van der Waals surface area contributed by atoms with Crippen LogP contribution in [-0.2, 0) is 6.54 Å². The van der Waals surface area contributed by atoms with Gasteiger partial charge < -0.3 is 5.32 Å². The van der Waals surface area contributed by atoms with Gasteiger partial charge in [0.2, 0.25) is 5.95 Å². The molecule has 7 nitrogen and oxygen atoms in total. The van der Waals surface area contributed by atoms with Gasteiger partial charge in [0, 0.05) is 12.7 Å². The average Bonchev–Trinajstić information content (AvgIpc) is 3.12. The summed E-state index contributed by atoms with van der Waals surface area (Å²) in [5, 5.41) is 7.51. The summed E-state index contributed by atoms with van der Waals surface area (Å²) in [4.78, 5) is 24.2. The number of benzene rings is 1. The lowest BCUT2D eigenvalue weighted by atomic mass is 10.0. The van der Waals surface area contributed by atoms with Crippen molar-refractivity contribution >= 4 is 11.7 Å². The Morgan fingerprint density at radius 2 is 2.08 bits per heavy atom. The minimum Gasteiger partial charge on any atom is -0.347 e. The summed E-state index contributed by atoms with van der Waals surface area (Å²) in [6.45, 7) is 4.05. The molecule has 1 atom stereocenters. The number of nitrogens with zero attached hydrogens (tertiary/aromatic N) is 5. The van der Waals surface area contributed by atoms with Crippen molar-refractivity contribution < 1.29 is 4.79 Å². The van der Waals surface area contributed by atoms with Crippen molar-refractivity contribution in [2.75, 3.05) is 5.32 Å². The van der Waals surface area contributed by atoms with E-state index in [0.29, 0.717) is 17.2 Å². The molecule has 25 heavy (non-hydrogen) atoms. The van der Waals surface area contributed by atoms with Gasteiger partial charge in [0.15, 0.2) is 5.78 Å². The fourth-order valence-corrected chi connectivity index (χ4v) is 2.66. The Bertz CT molecular complexity index is 832. The first-order valence-electron chi connectivity index (χ1n) is 8.12. The highest BCUT2D eigenvalue weighted by atomic mass is 16.1. The van der Waals surface area contributed by atoms with Crippen LogP contribution in [0.15, 0.2) is 49.2 Å². The van der Waals surface area contributed by atoms with Crippen LogP contribution in [0.3, 0.4) is 0 Å². The standard InChI is InChI=1S/C18H20N6O/c1-13-16(14(2)25)10-20-18(22-13)23-17(15-6-4-3-5-7-15)8-9-24-12-19-11-21-24/h3-7,10-12,17H,8-9H2,1-2H3,(H,20,22,23)/t17-/m1/s1. The van der Waals surface area contributed by atoms with Crippen molar-refractivity contribution in [3.8, 4) is 0 Å². The molecule has 3 rings (SSSR count). The van der Waals surface area contributed by atoms with Crippen LogP contribution in [0.2, 0.25) is 0 Å². The van der Waals surface area contributed by atoms with Crippen molar-refractivity contribution in [2.45, 2.75) is 32.9 Å². The highest BCUT2D eigenvalue weighted by Crippen LogP contribution is 2.22. The Kier molecular flexibility index (Phi) is 5.13. The van der Waals surface area contributed by atoms with Gasteiger partial charge in [-0.15, -0.1) is 0 Å². The lowest BCUT2D eigenvalue weighted by Gasteiger charge is -2.19. The first kappa shape index (κ1) is 16.8. The van der Waals surface area contributed by atoms with Gasteiger partial charge in [0.05, 0.1) is 17.3 Å². The summed E-state index contributed by atoms with van der Waals surface area (Å²) in [6, 6.07) is 10.1. The number of aromatic nitrogens is 5. The Morgan fingerprint density at radius 1 is 1.28 bits per heavy atom. The maximum Gasteiger partial charge on any atom is 0.223 e. The predicted molar refractivity (Wildman–Crippen MR) is 94.2 cm³/mol. The molecule has 7 heteroatoms. The number of ketones is 1. The molecule has 0 amide bonds. The van der Waals surface area contributed by atoms with E-state index in [4.69, 9.17) is 0 Å². The first-order valence-corrected chi connectivity index (χ1v) is 8.12. The molecule has 0 aliphatic heterocycles. The first-order chi connectivity index (χ1) is 12.1. The molecule has 1 N–H and O–H groups in total. The third kappa shape index (κ3) is 4.26. The molecule has 0 bridgehead atoms. The van der Waals surface area contributed by atoms with Crippen LogP contribution in [0.5, 0.6) is 0 Å². The van der Waals surface area contributed by atoms with Crippen molar-refractivity contribution in [1.82, 2.24) is 24.7 Å². The van der Waals surface area contributed by atoms with E-state index in [-0.39, 0.29) is 11.8 Å². The number of carbonyl (C=O) groups is 1. The van der Waals surface area contributed by atoms with Gasteiger partial charge in [-0.2, -0.15) is 5.10 Å². The Labute approximate surface area is 146 Å². The molecule has 3 aromatic rings. The molecule has 0 aliphatic carbocycles. The highest BCUT2D eigenvalue weighted by molar-refractivity contribution is 5.94. The highest BCUT2D eigenvalue weighted by Gasteiger charge is 2.14. The zero-order valence-corrected chi connectivity index (χ0v) is 14.3. The van der Waals surface area contributed by atoms with Crippen molar-refractivity contribution in [3.63, 3.8) is 0 Å². The number of hydrogen-bond donors (Lipinski definition) is 1. The van der Waals surface area contributed by atoms with Crippen LogP contribution in [0, 0.1) is 6.92 Å². The Hall–Kier alpha value is -3.09. The maximum atomic E-state index is 11.5. The van der Waals surface area contributed by atoms with Crippen LogP contribution >= 0.6 is 0 Å². The minimum absolute atomic E-state index is 0.0213. The number of hydrogen-bond acceptors (Lipinski definition) is 6. The molecule has 0 unspecified atom stereocenters. The molecule has 1 aromatic carbocycles. The van der Waals surface area contributed by atoms with Crippen molar-refractivity contribution in [2.24, 2.45) is 0 Å². The van der Waals surface area contributed by atoms with E-state index in [0.717, 1.165) is 18.5 Å². The van der Waals surface area contributed by atoms with Gasteiger partial charge in [-0.3, -0.25) is 9.48 Å². The molecule has 0 spiro atoms. The number of nitrogens with one attached hydrogen (secondary N) is 1. The molecule has 0 saturated heterocycles. The molecule has 0 aliphatic rings. The van der Waals surface area contributed by atoms with E-state index in [1.807, 2.05) is 25.1 Å². The molecule has 0 radical (unpaired) electrons. The van der Waals surface area contributed by atoms with Crippen LogP contribution in [0.25, 0.3) is 0 Å². The maximum absolute atomic E-state index is 11.5. The predicted octanol–water partition coefficient (Wildman–Crippen LogP) is 2.82. The molecule has 128 valence electrons. The summed E-state index contributed by atoms with van der Waals surface area (Å²) < 4.78 is 1.79. The molecule has 2 heterocycles. The van der Waals surface area contributed by atoms with E-state index >= 15 is 0 Å². The van der Waals surface area contributed by atoms with Gasteiger partial charge in [-0.25, -0.2) is 15.0 Å². The number of anilines is 1. The number of Topliss-reactive ketones (excluding diaryl/α,β-unsaturated/α-hetero) is 1. The molecule has 0 fully saturated rings. The van der Waals surface area contributed by atoms with Crippen LogP contribution in [-0.4, -0.2) is 30.5 Å². The number of carbonyl (C=O) groups excluding carboxylic acids is 1. The van der Waals surface area contributed by atoms with Gasteiger partial charge in [0.1, 0.15) is 12.7 Å². The van der Waals surface area contributed by atoms with E-state index < -0.39 is 0 Å². The van der Waals surface area contributed by atoms with E-state index in [9.17, 15) is 4.79 Å². The summed E-state index contributed by atoms with van der Waals surface area (Å²) in [7, 11) is 0. The average molecular weight is 336 g/mol. The van der Waals surface area contributed by atoms with Crippen LogP contribution < -0.4 is 5.32 Å². The molecular formula is C18H20N6O. The fourth-order valence-electron chi connectivity index (χ4n) is 2.66. The minimum atomic E-state index is -0.0326. The molecule has 0 saturated carbocycles. The van der Waals surface area contributed by atoms with Gasteiger partial charge in [0.25, 0.3) is 0 Å². The van der Waals surface area contributed by atoms with Crippen LogP contribution in [0.4, 0.5) is 5.95 Å². The van der Waals surface area contributed by atoms with E-state index in [1.54, 1.807) is 17.2 Å². The number of rotatable bonds is 7. The Morgan fingerprint density at radius 3 is 2.72 bits per heavy atom. The van der Waals surface area contributed by atoms with Crippen molar-refractivity contribution in [3.05, 3.63) is 66.0 Å². The van der Waals surface area contributed by atoms with Gasteiger partial charge >= 0.3 is 0 Å². The summed E-state index contributed by atoms with van der Waals surface area (Å²) >= 11 is 0. The normalized spacial score (nSPS) is 11.9. The SMILES string of the molecule is CC(=O)c1cnc(N[C@H](CCn2cncn2)c2ccccc2)nc1C. The summed E-state index contributed by atoms with van der Waals surface area (Å²) in [5.41, 5.74) is 2.36. The second-order valence-corrected chi connectivity index (χ2v) is 5.80. The van der Waals surface area contributed by atoms with Gasteiger partial charge in [-0.05, 0) is 25.8 Å². The smallest absolute Gasteiger partial charge is 0.223 e. The second kappa shape index (κ2) is 7.65. The third-order valence-corrected chi connectivity index (χ3v) is 3.98. The summed E-state index contributed by atoms with van der Waals surface area (Å²) in [6.07, 6.45) is 5.60. The molecular weight excluding hydrogens is 316 g/mol. The second-order valence-electron chi connectivity index (χ2n) is 5.80. The van der Waals surface area contributed by atoms with Crippen LogP contribution in [0.1, 0.15) is 41.0 Å². The number of aryl methyl sites for hydroxylation is 2. The third-order valence-electron chi connectivity index (χ3n) is 3.98. The lowest BCUT2D eigenvalue weighted by Crippen LogP contribution is -2.16. The van der Waals surface area contributed by atoms with E-state index in [1.165, 1.54) is 13.3 Å². The largest absolute Gasteiger partial charge is 0.347 e.